The van der Waals surface area contributed by atoms with Crippen LogP contribution in [0.1, 0.15) is 43.0 Å². The smallest absolute Gasteiger partial charge is 0.358 e. The molecule has 2 N–H and O–H groups in total. The zero-order valence-corrected chi connectivity index (χ0v) is 21.0. The van der Waals surface area contributed by atoms with Gasteiger partial charge in [0, 0.05) is 24.9 Å². The van der Waals surface area contributed by atoms with Crippen LogP contribution in [0.15, 0.2) is 24.3 Å². The molecule has 2 fully saturated rings. The molecule has 0 unspecified atom stereocenters. The van der Waals surface area contributed by atoms with Gasteiger partial charge in [0.1, 0.15) is 30.1 Å². The van der Waals surface area contributed by atoms with Crippen molar-refractivity contribution in [2.75, 3.05) is 27.2 Å². The summed E-state index contributed by atoms with van der Waals surface area (Å²) in [6.07, 6.45) is 2.62. The van der Waals surface area contributed by atoms with Crippen LogP contribution in [-0.4, -0.2) is 96.3 Å². The number of ketones is 2. The molecule has 0 aliphatic carbocycles. The molecule has 1 aromatic carbocycles. The molecule has 0 radical (unpaired) electrons. The Bertz CT molecular complexity index is 1030. The number of rotatable bonds is 9. The molecule has 13 nitrogen and oxygen atoms in total. The molecule has 2 heterocycles. The van der Waals surface area contributed by atoms with E-state index in [4.69, 9.17) is 4.74 Å². The largest absolute Gasteiger partial charge is 0.497 e. The third kappa shape index (κ3) is 7.67. The summed E-state index contributed by atoms with van der Waals surface area (Å²) in [5.74, 6) is -1.62. The lowest BCUT2D eigenvalue weighted by Gasteiger charge is -2.41. The molecule has 2 aliphatic rings. The summed E-state index contributed by atoms with van der Waals surface area (Å²) in [7, 11) is 3.13. The predicted octanol–water partition coefficient (Wildman–Crippen LogP) is -0.106. The summed E-state index contributed by atoms with van der Waals surface area (Å²) < 4.78 is 5.00. The van der Waals surface area contributed by atoms with Crippen molar-refractivity contribution in [1.82, 2.24) is 25.8 Å². The number of Topliss-reactive ketones (excluding diaryl/α,β-unsaturated/α-hetero) is 2. The van der Waals surface area contributed by atoms with Crippen molar-refractivity contribution in [1.29, 1.82) is 0 Å². The van der Waals surface area contributed by atoms with Gasteiger partial charge in [0.15, 0.2) is 0 Å². The van der Waals surface area contributed by atoms with E-state index in [1.807, 2.05) is 0 Å². The van der Waals surface area contributed by atoms with Crippen LogP contribution >= 0.6 is 0 Å². The standard InChI is InChI=1S/C18H20N4O6.C6H11NO2/c1-28-14-6-4-12(5-7-14)16(25)17(26)19-20-10-8-15(24)21-9-2-3-13(11-23)22(21)18(20)27;1-5(9)3-6(4-8)7-2/h4-7,11,13H,2-3,8-10H2,1H3,(H,19,26);4,6-7H,3H2,1-2H3/t13-;6-/m00/s1. The number of urea groups is 1. The molecule has 2 aliphatic heterocycles. The second-order valence-electron chi connectivity index (χ2n) is 8.33. The van der Waals surface area contributed by atoms with Gasteiger partial charge >= 0.3 is 11.9 Å². The van der Waals surface area contributed by atoms with E-state index < -0.39 is 23.8 Å². The van der Waals surface area contributed by atoms with Gasteiger partial charge in [-0.15, -0.1) is 0 Å². The van der Waals surface area contributed by atoms with Crippen molar-refractivity contribution < 1.29 is 38.3 Å². The lowest BCUT2D eigenvalue weighted by Crippen LogP contribution is -2.61. The van der Waals surface area contributed by atoms with Crippen molar-refractivity contribution in [2.45, 2.75) is 44.7 Å². The molecular weight excluding hydrogens is 486 g/mol. The van der Waals surface area contributed by atoms with E-state index in [2.05, 4.69) is 10.7 Å². The molecule has 0 aromatic heterocycles. The van der Waals surface area contributed by atoms with Gasteiger partial charge < -0.3 is 19.6 Å². The van der Waals surface area contributed by atoms with E-state index in [1.165, 1.54) is 43.3 Å². The molecule has 0 spiro atoms. The van der Waals surface area contributed by atoms with Crippen LogP contribution in [0, 0.1) is 0 Å². The fourth-order valence-corrected chi connectivity index (χ4v) is 3.71. The van der Waals surface area contributed by atoms with Crippen LogP contribution in [0.5, 0.6) is 5.75 Å². The lowest BCUT2D eigenvalue weighted by molar-refractivity contribution is -0.151. The first-order chi connectivity index (χ1) is 17.7. The summed E-state index contributed by atoms with van der Waals surface area (Å²) in [6, 6.07) is 4.13. The highest BCUT2D eigenvalue weighted by atomic mass is 16.5. The maximum Gasteiger partial charge on any atom is 0.358 e. The van der Waals surface area contributed by atoms with Gasteiger partial charge in [0.2, 0.25) is 5.91 Å². The van der Waals surface area contributed by atoms with Gasteiger partial charge in [-0.2, -0.15) is 0 Å². The normalized spacial score (nSPS) is 17.9. The molecule has 1 aromatic rings. The molecule has 13 heteroatoms. The minimum atomic E-state index is -1.01. The van der Waals surface area contributed by atoms with Crippen molar-refractivity contribution in [3.05, 3.63) is 29.8 Å². The van der Waals surface area contributed by atoms with Crippen LogP contribution in [-0.2, 0) is 24.0 Å². The van der Waals surface area contributed by atoms with Gasteiger partial charge in [-0.3, -0.25) is 24.6 Å². The summed E-state index contributed by atoms with van der Waals surface area (Å²) in [6.45, 7) is 1.69. The van der Waals surface area contributed by atoms with Gasteiger partial charge in [0.25, 0.3) is 5.78 Å². The maximum atomic E-state index is 12.8. The summed E-state index contributed by atoms with van der Waals surface area (Å²) in [5.41, 5.74) is 2.39. The van der Waals surface area contributed by atoms with Gasteiger partial charge in [-0.05, 0) is 51.1 Å². The highest BCUT2D eigenvalue weighted by molar-refractivity contribution is 6.42. The molecule has 200 valence electrons. The van der Waals surface area contributed by atoms with Gasteiger partial charge in [-0.25, -0.2) is 19.8 Å². The number of carbonyl (C=O) groups is 7. The van der Waals surface area contributed by atoms with Gasteiger partial charge in [-0.1, -0.05) is 0 Å². The van der Waals surface area contributed by atoms with E-state index >= 15 is 0 Å². The predicted molar refractivity (Wildman–Crippen MR) is 129 cm³/mol. The van der Waals surface area contributed by atoms with Gasteiger partial charge in [0.05, 0.1) is 19.7 Å². The first-order valence-corrected chi connectivity index (χ1v) is 11.6. The molecule has 0 saturated carbocycles. The number of nitrogens with one attached hydrogen (secondary N) is 2. The fourth-order valence-electron chi connectivity index (χ4n) is 3.71. The molecule has 4 amide bonds. The molecule has 2 atom stereocenters. The zero-order valence-electron chi connectivity index (χ0n) is 21.0. The summed E-state index contributed by atoms with van der Waals surface area (Å²) in [4.78, 5) is 81.6. The Labute approximate surface area is 214 Å². The number of hydrazine groups is 2. The topological polar surface area (TPSA) is 162 Å². The monoisotopic (exact) mass is 517 g/mol. The van der Waals surface area contributed by atoms with Crippen molar-refractivity contribution in [2.24, 2.45) is 0 Å². The van der Waals surface area contributed by atoms with Crippen LogP contribution in [0.25, 0.3) is 0 Å². The molecule has 3 rings (SSSR count). The number of amides is 4. The molecule has 2 saturated heterocycles. The highest BCUT2D eigenvalue weighted by Crippen LogP contribution is 2.22. The Kier molecular flexibility index (Phi) is 10.9. The maximum absolute atomic E-state index is 12.8. The Balaban J connectivity index is 0.000000458. The number of methoxy groups -OCH3 is 1. The van der Waals surface area contributed by atoms with E-state index in [-0.39, 0.29) is 36.3 Å². The fraction of sp³-hybridized carbons (Fsp3) is 0.458. The Morgan fingerprint density at radius 3 is 2.32 bits per heavy atom. The lowest BCUT2D eigenvalue weighted by atomic mass is 10.1. The number of benzene rings is 1. The third-order valence-electron chi connectivity index (χ3n) is 5.70. The average Bonchev–Trinajstić information content (AvgIpc) is 3.03. The number of fused-ring (bicyclic) bond motifs is 1. The highest BCUT2D eigenvalue weighted by Gasteiger charge is 2.41. The first kappa shape index (κ1) is 29.1. The second kappa shape index (κ2) is 13.8. The first-order valence-electron chi connectivity index (χ1n) is 11.6. The van der Waals surface area contributed by atoms with E-state index in [0.717, 1.165) is 16.3 Å². The van der Waals surface area contributed by atoms with E-state index in [1.54, 1.807) is 7.05 Å². The Morgan fingerprint density at radius 2 is 1.81 bits per heavy atom. The van der Waals surface area contributed by atoms with Crippen LogP contribution in [0.2, 0.25) is 0 Å². The zero-order chi connectivity index (χ0) is 27.5. The van der Waals surface area contributed by atoms with Crippen molar-refractivity contribution >= 4 is 42.0 Å². The van der Waals surface area contributed by atoms with Crippen molar-refractivity contribution in [3.8, 4) is 5.75 Å². The molecule has 0 bridgehead atoms. The van der Waals surface area contributed by atoms with Crippen LogP contribution < -0.4 is 15.5 Å². The minimum absolute atomic E-state index is 0.0291. The number of hydrogen-bond donors (Lipinski definition) is 2. The number of ether oxygens (including phenoxy) is 1. The Morgan fingerprint density at radius 1 is 1.14 bits per heavy atom. The third-order valence-corrected chi connectivity index (χ3v) is 5.70. The summed E-state index contributed by atoms with van der Waals surface area (Å²) in [5, 5.41) is 5.90. The number of aldehydes is 2. The summed E-state index contributed by atoms with van der Waals surface area (Å²) >= 11 is 0. The minimum Gasteiger partial charge on any atom is -0.497 e. The SMILES string of the molecule is CN[C@H](C=O)CC(C)=O.COc1ccc(C(=O)C(=O)NN2CCC(=O)N3CCC[C@@H](C=O)N3C2=O)cc1. The van der Waals surface area contributed by atoms with E-state index in [9.17, 15) is 33.6 Å². The van der Waals surface area contributed by atoms with E-state index in [0.29, 0.717) is 37.8 Å². The number of nitrogens with zero attached hydrogens (tertiary/aromatic N) is 3. The van der Waals surface area contributed by atoms with Crippen molar-refractivity contribution in [3.63, 3.8) is 0 Å². The number of carbonyl (C=O) groups excluding carboxylic acids is 7. The average molecular weight is 518 g/mol. The number of hydrogen-bond acceptors (Lipinski definition) is 9. The molecular formula is C24H31N5O8. The molecule has 37 heavy (non-hydrogen) atoms. The number of likely N-dealkylation sites (N-methyl/N-ethyl adjacent to an activating group) is 1. The Hall–Kier alpha value is -4.13. The van der Waals surface area contributed by atoms with Crippen LogP contribution in [0.3, 0.4) is 0 Å². The second-order valence-corrected chi connectivity index (χ2v) is 8.33. The van der Waals surface area contributed by atoms with Crippen LogP contribution in [0.4, 0.5) is 4.79 Å². The quantitative estimate of drug-likeness (QED) is 0.259.